The highest BCUT2D eigenvalue weighted by Crippen LogP contribution is 2.40. The van der Waals surface area contributed by atoms with E-state index in [9.17, 15) is 34.9 Å². The Bertz CT molecular complexity index is 1690. The average molecular weight is 543 g/mol. The summed E-state index contributed by atoms with van der Waals surface area (Å²) in [4.78, 5) is 52.1. The molecule has 1 fully saturated rings. The van der Waals surface area contributed by atoms with E-state index in [-0.39, 0.29) is 29.1 Å². The van der Waals surface area contributed by atoms with Gasteiger partial charge in [0, 0.05) is 53.5 Å². The van der Waals surface area contributed by atoms with Crippen molar-refractivity contribution in [2.45, 2.75) is 12.5 Å². The first-order chi connectivity index (χ1) is 19.2. The number of non-ortho nitro benzene ring substituents is 2. The maximum absolute atomic E-state index is 13.3. The van der Waals surface area contributed by atoms with Gasteiger partial charge < -0.3 is 19.7 Å². The third kappa shape index (κ3) is 4.62. The number of amides is 1. The Labute approximate surface area is 226 Å². The number of aliphatic hydroxyl groups excluding tert-OH is 1. The molecule has 2 heterocycles. The molecule has 1 atom stereocenters. The Morgan fingerprint density at radius 2 is 1.60 bits per heavy atom. The van der Waals surface area contributed by atoms with Crippen LogP contribution in [0.25, 0.3) is 16.7 Å². The molecular weight excluding hydrogens is 520 g/mol. The maximum atomic E-state index is 13.3. The molecule has 40 heavy (non-hydrogen) atoms. The zero-order valence-corrected chi connectivity index (χ0v) is 21.1. The van der Waals surface area contributed by atoms with Gasteiger partial charge >= 0.3 is 0 Å². The van der Waals surface area contributed by atoms with Crippen LogP contribution < -0.4 is 4.74 Å². The maximum Gasteiger partial charge on any atom is 0.295 e. The van der Waals surface area contributed by atoms with Crippen LogP contribution in [-0.4, -0.2) is 50.2 Å². The number of Topliss-reactive ketones (excluding diaryl/α,β-unsaturated/α-hetero) is 1. The number of aromatic nitrogens is 1. The number of rotatable bonds is 8. The lowest BCUT2D eigenvalue weighted by atomic mass is 9.95. The van der Waals surface area contributed by atoms with E-state index in [2.05, 4.69) is 4.98 Å². The minimum Gasteiger partial charge on any atom is -0.507 e. The molecule has 12 heteroatoms. The summed E-state index contributed by atoms with van der Waals surface area (Å²) in [6, 6.07) is 14.8. The number of aromatic amines is 1. The van der Waals surface area contributed by atoms with Gasteiger partial charge in [0.15, 0.2) is 0 Å². The normalized spacial score (nSPS) is 16.4. The lowest BCUT2D eigenvalue weighted by Crippen LogP contribution is -2.31. The predicted octanol–water partition coefficient (Wildman–Crippen LogP) is 4.66. The van der Waals surface area contributed by atoms with Crippen molar-refractivity contribution in [3.8, 4) is 5.75 Å². The fourth-order valence-electron chi connectivity index (χ4n) is 4.86. The number of aliphatic hydroxyl groups is 1. The molecule has 0 radical (unpaired) electrons. The number of nitro groups is 2. The van der Waals surface area contributed by atoms with Crippen LogP contribution in [0.4, 0.5) is 11.4 Å². The molecule has 202 valence electrons. The number of nitro benzene ring substituents is 2. The third-order valence-corrected chi connectivity index (χ3v) is 6.91. The average Bonchev–Trinajstić information content (AvgIpc) is 3.48. The summed E-state index contributed by atoms with van der Waals surface area (Å²) in [6.45, 7) is 0.0907. The van der Waals surface area contributed by atoms with E-state index in [1.807, 2.05) is 18.2 Å². The van der Waals surface area contributed by atoms with Crippen molar-refractivity contribution < 1.29 is 29.3 Å². The summed E-state index contributed by atoms with van der Waals surface area (Å²) >= 11 is 0. The third-order valence-electron chi connectivity index (χ3n) is 6.91. The molecule has 1 amide bonds. The minimum absolute atomic E-state index is 0.0907. The number of benzene rings is 3. The molecule has 0 aliphatic carbocycles. The highest BCUT2D eigenvalue weighted by atomic mass is 16.6. The number of ether oxygens (including phenoxy) is 1. The van der Waals surface area contributed by atoms with E-state index in [0.717, 1.165) is 16.5 Å². The molecule has 0 spiro atoms. The van der Waals surface area contributed by atoms with Crippen molar-refractivity contribution in [1.29, 1.82) is 0 Å². The first-order valence-corrected chi connectivity index (χ1v) is 12.1. The van der Waals surface area contributed by atoms with E-state index < -0.39 is 33.3 Å². The molecule has 12 nitrogen and oxygen atoms in total. The molecular formula is C28H22N4O8. The van der Waals surface area contributed by atoms with Gasteiger partial charge in [-0.1, -0.05) is 0 Å². The SMILES string of the molecule is COc1ccc2[nH]cc(CCN3C(=O)C(=O)C(=C(O)c4ccc([N+](=O)[O-])cc4)[C@@H]3c3ccc([N+](=O)[O-])cc3)c2c1. The fourth-order valence-corrected chi connectivity index (χ4v) is 4.86. The summed E-state index contributed by atoms with van der Waals surface area (Å²) in [6.07, 6.45) is 2.15. The van der Waals surface area contributed by atoms with E-state index in [4.69, 9.17) is 4.74 Å². The number of carbonyl (C=O) groups excluding carboxylic acids is 2. The lowest BCUT2D eigenvalue weighted by molar-refractivity contribution is -0.385. The van der Waals surface area contributed by atoms with E-state index in [0.29, 0.717) is 17.7 Å². The van der Waals surface area contributed by atoms with Gasteiger partial charge in [-0.3, -0.25) is 29.8 Å². The zero-order valence-electron chi connectivity index (χ0n) is 21.1. The van der Waals surface area contributed by atoms with Gasteiger partial charge in [-0.2, -0.15) is 0 Å². The Morgan fingerprint density at radius 3 is 2.20 bits per heavy atom. The van der Waals surface area contributed by atoms with Crippen LogP contribution >= 0.6 is 0 Å². The van der Waals surface area contributed by atoms with Crippen LogP contribution in [0.1, 0.15) is 22.7 Å². The van der Waals surface area contributed by atoms with Gasteiger partial charge in [-0.15, -0.1) is 0 Å². The van der Waals surface area contributed by atoms with Gasteiger partial charge in [0.05, 0.1) is 28.6 Å². The number of ketones is 1. The molecule has 1 aliphatic heterocycles. The summed E-state index contributed by atoms with van der Waals surface area (Å²) < 4.78 is 5.32. The number of likely N-dealkylation sites (tertiary alicyclic amines) is 1. The molecule has 0 bridgehead atoms. The molecule has 1 aliphatic rings. The van der Waals surface area contributed by atoms with Gasteiger partial charge in [-0.25, -0.2) is 0 Å². The topological polar surface area (TPSA) is 169 Å². The Morgan fingerprint density at radius 1 is 0.975 bits per heavy atom. The van der Waals surface area contributed by atoms with Crippen molar-refractivity contribution >= 4 is 39.7 Å². The smallest absolute Gasteiger partial charge is 0.295 e. The van der Waals surface area contributed by atoms with Gasteiger partial charge in [0.2, 0.25) is 0 Å². The highest BCUT2D eigenvalue weighted by Gasteiger charge is 2.46. The van der Waals surface area contributed by atoms with Gasteiger partial charge in [-0.05, 0) is 60.0 Å². The van der Waals surface area contributed by atoms with Gasteiger partial charge in [0.1, 0.15) is 11.5 Å². The second-order valence-electron chi connectivity index (χ2n) is 9.12. The summed E-state index contributed by atoms with van der Waals surface area (Å²) in [7, 11) is 1.56. The van der Waals surface area contributed by atoms with E-state index >= 15 is 0 Å². The van der Waals surface area contributed by atoms with Crippen molar-refractivity contribution in [1.82, 2.24) is 9.88 Å². The second-order valence-corrected chi connectivity index (χ2v) is 9.12. The minimum atomic E-state index is -1.05. The standard InChI is InChI=1S/C28H22N4O8/c1-40-21-10-11-23-22(14-21)18(15-29-23)12-13-30-25(16-2-6-19(7-3-16)31(36)37)24(27(34)28(30)35)26(33)17-4-8-20(9-5-17)32(38)39/h2-11,14-15,25,29,33H,12-13H2,1H3/t25-/m0/s1. The number of nitrogens with one attached hydrogen (secondary N) is 1. The molecule has 5 rings (SSSR count). The number of hydrogen-bond donors (Lipinski definition) is 2. The zero-order chi connectivity index (χ0) is 28.6. The van der Waals surface area contributed by atoms with Crippen molar-refractivity contribution in [2.24, 2.45) is 0 Å². The molecule has 1 saturated heterocycles. The Balaban J connectivity index is 1.56. The monoisotopic (exact) mass is 542 g/mol. The quantitative estimate of drug-likeness (QED) is 0.106. The molecule has 4 aromatic rings. The largest absolute Gasteiger partial charge is 0.507 e. The second kappa shape index (κ2) is 10.3. The predicted molar refractivity (Wildman–Crippen MR) is 144 cm³/mol. The Kier molecular flexibility index (Phi) is 6.74. The molecule has 1 aromatic heterocycles. The summed E-state index contributed by atoms with van der Waals surface area (Å²) in [5, 5.41) is 34.3. The molecule has 3 aromatic carbocycles. The number of methoxy groups -OCH3 is 1. The fraction of sp³-hybridized carbons (Fsp3) is 0.143. The van der Waals surface area contributed by atoms with Crippen molar-refractivity contribution in [3.05, 3.63) is 115 Å². The number of carbonyl (C=O) groups is 2. The van der Waals surface area contributed by atoms with E-state index in [1.54, 1.807) is 13.3 Å². The van der Waals surface area contributed by atoms with E-state index in [1.165, 1.54) is 53.4 Å². The number of nitrogens with zero attached hydrogens (tertiary/aromatic N) is 3. The molecule has 0 unspecified atom stereocenters. The lowest BCUT2D eigenvalue weighted by Gasteiger charge is -2.25. The number of fused-ring (bicyclic) bond motifs is 1. The molecule has 2 N–H and O–H groups in total. The van der Waals surface area contributed by atoms with Crippen LogP contribution in [0.5, 0.6) is 5.75 Å². The van der Waals surface area contributed by atoms with Crippen LogP contribution in [0.2, 0.25) is 0 Å². The number of H-pyrrole nitrogens is 1. The van der Waals surface area contributed by atoms with Crippen LogP contribution in [-0.2, 0) is 16.0 Å². The van der Waals surface area contributed by atoms with Crippen molar-refractivity contribution in [3.63, 3.8) is 0 Å². The summed E-state index contributed by atoms with van der Waals surface area (Å²) in [5.41, 5.74) is 1.63. The van der Waals surface area contributed by atoms with Crippen LogP contribution in [0, 0.1) is 20.2 Å². The van der Waals surface area contributed by atoms with Crippen molar-refractivity contribution in [2.75, 3.05) is 13.7 Å². The first kappa shape index (κ1) is 26.1. The first-order valence-electron chi connectivity index (χ1n) is 12.1. The highest BCUT2D eigenvalue weighted by molar-refractivity contribution is 6.46. The Hall–Kier alpha value is -5.52. The molecule has 0 saturated carbocycles. The van der Waals surface area contributed by atoms with Crippen LogP contribution in [0.3, 0.4) is 0 Å². The summed E-state index contributed by atoms with van der Waals surface area (Å²) in [5.74, 6) is -1.62. The van der Waals surface area contributed by atoms with Crippen LogP contribution in [0.15, 0.2) is 78.5 Å². The van der Waals surface area contributed by atoms with Gasteiger partial charge in [0.25, 0.3) is 23.1 Å². The number of hydrogen-bond acceptors (Lipinski definition) is 8.